The van der Waals surface area contributed by atoms with Crippen molar-refractivity contribution in [1.29, 1.82) is 0 Å². The molecule has 1 heterocycles. The first-order valence-electron chi connectivity index (χ1n) is 6.63. The third-order valence-electron chi connectivity index (χ3n) is 3.56. The molecule has 0 amide bonds. The van der Waals surface area contributed by atoms with Crippen molar-refractivity contribution in [3.05, 3.63) is 59.2 Å². The van der Waals surface area contributed by atoms with Crippen molar-refractivity contribution < 1.29 is 23.8 Å². The second kappa shape index (κ2) is 6.13. The van der Waals surface area contributed by atoms with Crippen molar-refractivity contribution in [2.45, 2.75) is 12.5 Å². The lowest BCUT2D eigenvalue weighted by Crippen LogP contribution is -2.45. The quantitative estimate of drug-likeness (QED) is 0.870. The molecule has 1 unspecified atom stereocenters. The Hall–Kier alpha value is -2.80. The molecule has 0 spiro atoms. The first-order chi connectivity index (χ1) is 10.8. The number of halogens is 1. The van der Waals surface area contributed by atoms with Gasteiger partial charge in [0.1, 0.15) is 17.1 Å². The molecule has 0 radical (unpaired) electrons. The van der Waals surface area contributed by atoms with Crippen LogP contribution in [-0.4, -0.2) is 29.0 Å². The molecule has 1 aromatic heterocycles. The van der Waals surface area contributed by atoms with Gasteiger partial charge in [-0.1, -0.05) is 0 Å². The molecule has 0 aliphatic rings. The maximum absolute atomic E-state index is 13.8. The maximum Gasteiger partial charge on any atom is 0.335 e. The van der Waals surface area contributed by atoms with Crippen molar-refractivity contribution in [3.8, 4) is 5.75 Å². The highest BCUT2D eigenvalue weighted by molar-refractivity contribution is 5.93. The number of rotatable bonds is 5. The summed E-state index contributed by atoms with van der Waals surface area (Å²) in [6.45, 7) is 1.24. The number of nitrogens with two attached hydrogens (primary N) is 1. The lowest BCUT2D eigenvalue weighted by atomic mass is 9.80. The fourth-order valence-corrected chi connectivity index (χ4v) is 2.26. The van der Waals surface area contributed by atoms with Gasteiger partial charge >= 0.3 is 5.97 Å². The number of carbonyl (C=O) groups excluding carboxylic acids is 1. The number of ether oxygens (including phenoxy) is 1. The fourth-order valence-electron chi connectivity index (χ4n) is 2.26. The minimum Gasteiger partial charge on any atom is -0.495 e. The zero-order valence-electron chi connectivity index (χ0n) is 12.5. The Bertz CT molecular complexity index is 778. The molecule has 120 valence electrons. The van der Waals surface area contributed by atoms with Gasteiger partial charge in [0.15, 0.2) is 5.78 Å². The van der Waals surface area contributed by atoms with E-state index in [9.17, 15) is 14.0 Å². The first kappa shape index (κ1) is 16.6. The van der Waals surface area contributed by atoms with Crippen LogP contribution in [0.1, 0.15) is 28.4 Å². The number of carbonyl (C=O) groups is 2. The number of aromatic nitrogens is 1. The van der Waals surface area contributed by atoms with Gasteiger partial charge in [-0.05, 0) is 36.8 Å². The van der Waals surface area contributed by atoms with E-state index in [1.807, 2.05) is 0 Å². The molecular weight excluding hydrogens is 303 g/mol. The highest BCUT2D eigenvalue weighted by Gasteiger charge is 2.36. The molecule has 3 N–H and O–H groups in total. The van der Waals surface area contributed by atoms with E-state index in [1.54, 1.807) is 0 Å². The van der Waals surface area contributed by atoms with Crippen molar-refractivity contribution in [3.63, 3.8) is 0 Å². The summed E-state index contributed by atoms with van der Waals surface area (Å²) in [5, 5.41) is 9.07. The Kier molecular flexibility index (Phi) is 4.42. The van der Waals surface area contributed by atoms with Crippen LogP contribution < -0.4 is 10.5 Å². The summed E-state index contributed by atoms with van der Waals surface area (Å²) in [5.74, 6) is -2.24. The summed E-state index contributed by atoms with van der Waals surface area (Å²) in [4.78, 5) is 27.3. The lowest BCUT2D eigenvalue weighted by Gasteiger charge is -2.28. The lowest BCUT2D eigenvalue weighted by molar-refractivity contribution is -0.121. The number of hydrogen-bond donors (Lipinski definition) is 2. The monoisotopic (exact) mass is 318 g/mol. The fraction of sp³-hybridized carbons (Fsp3) is 0.188. The van der Waals surface area contributed by atoms with E-state index in [0.29, 0.717) is 5.75 Å². The molecule has 6 nitrogen and oxygen atoms in total. The van der Waals surface area contributed by atoms with Crippen molar-refractivity contribution in [2.24, 2.45) is 5.73 Å². The minimum atomic E-state index is -1.74. The first-order valence-corrected chi connectivity index (χ1v) is 6.63. The number of carboxylic acid groups (broad SMARTS) is 1. The third-order valence-corrected chi connectivity index (χ3v) is 3.56. The molecule has 0 aliphatic heterocycles. The van der Waals surface area contributed by atoms with Crippen molar-refractivity contribution >= 4 is 11.8 Å². The van der Waals surface area contributed by atoms with Crippen LogP contribution in [0.2, 0.25) is 0 Å². The largest absolute Gasteiger partial charge is 0.495 e. The second-order valence-corrected chi connectivity index (χ2v) is 5.01. The second-order valence-electron chi connectivity index (χ2n) is 5.01. The number of methoxy groups -OCH3 is 1. The van der Waals surface area contributed by atoms with Crippen LogP contribution in [-0.2, 0) is 10.3 Å². The summed E-state index contributed by atoms with van der Waals surface area (Å²) in [7, 11) is 1.43. The van der Waals surface area contributed by atoms with E-state index in [1.165, 1.54) is 38.6 Å². The van der Waals surface area contributed by atoms with Crippen LogP contribution in [0.4, 0.5) is 4.39 Å². The number of carboxylic acids is 1. The standard InChI is InChI=1S/C16H15FN2O4/c1-9(20)16(18,12-6-14(23-2)8-19-7-12)11-3-10(15(21)22)4-13(17)5-11/h3-8H,18H2,1-2H3,(H,21,22). The van der Waals surface area contributed by atoms with E-state index in [2.05, 4.69) is 4.98 Å². The van der Waals surface area contributed by atoms with Gasteiger partial charge in [-0.3, -0.25) is 9.78 Å². The molecule has 2 aromatic rings. The molecule has 0 saturated heterocycles. The van der Waals surface area contributed by atoms with Crippen LogP contribution in [0.3, 0.4) is 0 Å². The smallest absolute Gasteiger partial charge is 0.335 e. The zero-order chi connectivity index (χ0) is 17.2. The maximum atomic E-state index is 13.8. The number of pyridine rings is 1. The average Bonchev–Trinajstić information content (AvgIpc) is 2.53. The Balaban J connectivity index is 2.70. The summed E-state index contributed by atoms with van der Waals surface area (Å²) < 4.78 is 18.8. The van der Waals surface area contributed by atoms with E-state index in [0.717, 1.165) is 12.1 Å². The summed E-state index contributed by atoms with van der Waals surface area (Å²) in [6.07, 6.45) is 2.79. The van der Waals surface area contributed by atoms with Gasteiger partial charge in [-0.2, -0.15) is 0 Å². The van der Waals surface area contributed by atoms with Crippen molar-refractivity contribution in [1.82, 2.24) is 4.98 Å². The Morgan fingerprint density at radius 3 is 2.48 bits per heavy atom. The molecule has 23 heavy (non-hydrogen) atoms. The Morgan fingerprint density at radius 1 is 1.22 bits per heavy atom. The molecule has 1 aromatic carbocycles. The average molecular weight is 318 g/mol. The van der Waals surface area contributed by atoms with Gasteiger partial charge in [-0.15, -0.1) is 0 Å². The molecule has 0 fully saturated rings. The third kappa shape index (κ3) is 3.04. The number of nitrogens with zero attached hydrogens (tertiary/aromatic N) is 1. The summed E-state index contributed by atoms with van der Waals surface area (Å²) in [6, 6.07) is 4.57. The predicted molar refractivity (Wildman–Crippen MR) is 79.8 cm³/mol. The molecule has 7 heteroatoms. The molecule has 0 aliphatic carbocycles. The van der Waals surface area contributed by atoms with Crippen LogP contribution in [0.15, 0.2) is 36.7 Å². The van der Waals surface area contributed by atoms with E-state index < -0.39 is 23.1 Å². The van der Waals surface area contributed by atoms with Crippen LogP contribution >= 0.6 is 0 Å². The summed E-state index contributed by atoms with van der Waals surface area (Å²) >= 11 is 0. The number of aromatic carboxylic acids is 1. The van der Waals surface area contributed by atoms with Crippen LogP contribution in [0, 0.1) is 5.82 Å². The highest BCUT2D eigenvalue weighted by atomic mass is 19.1. The van der Waals surface area contributed by atoms with E-state index in [4.69, 9.17) is 15.6 Å². The molecule has 0 saturated carbocycles. The number of benzene rings is 1. The summed E-state index contributed by atoms with van der Waals surface area (Å²) in [5.41, 5.74) is 4.49. The zero-order valence-corrected chi connectivity index (χ0v) is 12.5. The predicted octanol–water partition coefficient (Wildman–Crippen LogP) is 1.72. The van der Waals surface area contributed by atoms with Gasteiger partial charge in [-0.25, -0.2) is 9.18 Å². The SMILES string of the molecule is COc1cncc(C(N)(C(C)=O)c2cc(F)cc(C(=O)O)c2)c1. The van der Waals surface area contributed by atoms with Gasteiger partial charge in [0.05, 0.1) is 18.9 Å². The Labute approximate surface area is 131 Å². The molecular formula is C16H15FN2O4. The van der Waals surface area contributed by atoms with E-state index in [-0.39, 0.29) is 16.7 Å². The van der Waals surface area contributed by atoms with Gasteiger partial charge < -0.3 is 15.6 Å². The normalized spacial score (nSPS) is 13.2. The number of hydrogen-bond acceptors (Lipinski definition) is 5. The van der Waals surface area contributed by atoms with Gasteiger partial charge in [0, 0.05) is 11.8 Å². The molecule has 0 bridgehead atoms. The molecule has 2 rings (SSSR count). The molecule has 1 atom stereocenters. The highest BCUT2D eigenvalue weighted by Crippen LogP contribution is 2.31. The Morgan fingerprint density at radius 2 is 1.91 bits per heavy atom. The van der Waals surface area contributed by atoms with Crippen LogP contribution in [0.25, 0.3) is 0 Å². The minimum absolute atomic E-state index is 0.0254. The van der Waals surface area contributed by atoms with E-state index >= 15 is 0 Å². The van der Waals surface area contributed by atoms with Gasteiger partial charge in [0.2, 0.25) is 0 Å². The van der Waals surface area contributed by atoms with Crippen molar-refractivity contribution in [2.75, 3.05) is 7.11 Å². The number of Topliss-reactive ketones (excluding diaryl/α,β-unsaturated/α-hetero) is 1. The van der Waals surface area contributed by atoms with Crippen LogP contribution in [0.5, 0.6) is 5.75 Å². The number of ketones is 1. The topological polar surface area (TPSA) is 103 Å². The van der Waals surface area contributed by atoms with Gasteiger partial charge in [0.25, 0.3) is 0 Å².